The minimum atomic E-state index is -1.11. The lowest BCUT2D eigenvalue weighted by molar-refractivity contribution is -0.147. The summed E-state index contributed by atoms with van der Waals surface area (Å²) in [5.74, 6) is 2.31. The molecule has 0 aliphatic rings. The van der Waals surface area contributed by atoms with Crippen molar-refractivity contribution >= 4 is 11.8 Å². The molecule has 0 fully saturated rings. The highest BCUT2D eigenvalue weighted by atomic mass is 16.5. The Bertz CT molecular complexity index is 741. The zero-order valence-corrected chi connectivity index (χ0v) is 17.5. The SMILES string of the molecule is C#CCOCCC(=O)N(CC(O)c1ccc(OC)c(OC)c1)C(=O)CCOCC=C. The summed E-state index contributed by atoms with van der Waals surface area (Å²) in [6, 6.07) is 4.88. The fourth-order valence-corrected chi connectivity index (χ4v) is 2.57. The Kier molecular flexibility index (Phi) is 11.9. The predicted molar refractivity (Wildman–Crippen MR) is 111 cm³/mol. The first kappa shape index (κ1) is 25.2. The van der Waals surface area contributed by atoms with Crippen LogP contribution in [0.4, 0.5) is 0 Å². The number of amides is 2. The van der Waals surface area contributed by atoms with Gasteiger partial charge in [-0.25, -0.2) is 0 Å². The Morgan fingerprint density at radius 3 is 2.37 bits per heavy atom. The van der Waals surface area contributed by atoms with Crippen LogP contribution in [0.1, 0.15) is 24.5 Å². The average molecular weight is 419 g/mol. The van der Waals surface area contributed by atoms with Crippen LogP contribution in [0, 0.1) is 12.3 Å². The molecule has 1 aromatic rings. The van der Waals surface area contributed by atoms with Crippen molar-refractivity contribution < 1.29 is 33.6 Å². The predicted octanol–water partition coefficient (Wildman–Crippen LogP) is 1.72. The zero-order valence-electron chi connectivity index (χ0n) is 17.5. The lowest BCUT2D eigenvalue weighted by Gasteiger charge is -2.24. The third-order valence-electron chi connectivity index (χ3n) is 4.09. The maximum absolute atomic E-state index is 12.6. The number of ether oxygens (including phenoxy) is 4. The number of aliphatic hydroxyl groups is 1. The molecule has 1 rings (SSSR count). The Labute approximate surface area is 177 Å². The summed E-state index contributed by atoms with van der Waals surface area (Å²) in [7, 11) is 2.98. The van der Waals surface area contributed by atoms with Crippen LogP contribution >= 0.6 is 0 Å². The van der Waals surface area contributed by atoms with Crippen LogP contribution in [0.25, 0.3) is 0 Å². The van der Waals surface area contributed by atoms with E-state index in [1.807, 2.05) is 0 Å². The third-order valence-corrected chi connectivity index (χ3v) is 4.09. The van der Waals surface area contributed by atoms with E-state index in [-0.39, 0.29) is 39.2 Å². The summed E-state index contributed by atoms with van der Waals surface area (Å²) in [5, 5.41) is 10.6. The van der Waals surface area contributed by atoms with Crippen molar-refractivity contribution in [2.45, 2.75) is 18.9 Å². The van der Waals surface area contributed by atoms with Crippen LogP contribution < -0.4 is 9.47 Å². The molecule has 0 aromatic heterocycles. The van der Waals surface area contributed by atoms with E-state index in [0.29, 0.717) is 23.7 Å². The first-order valence-electron chi connectivity index (χ1n) is 9.41. The van der Waals surface area contributed by atoms with Crippen molar-refractivity contribution in [3.8, 4) is 23.8 Å². The fraction of sp³-hybridized carbons (Fsp3) is 0.455. The highest BCUT2D eigenvalue weighted by molar-refractivity contribution is 5.95. The second-order valence-corrected chi connectivity index (χ2v) is 6.15. The molecule has 0 aliphatic heterocycles. The number of carbonyl (C=O) groups excluding carboxylic acids is 2. The van der Waals surface area contributed by atoms with E-state index in [0.717, 1.165) is 4.90 Å². The lowest BCUT2D eigenvalue weighted by atomic mass is 10.1. The monoisotopic (exact) mass is 419 g/mol. The van der Waals surface area contributed by atoms with Gasteiger partial charge < -0.3 is 24.1 Å². The molecule has 0 saturated heterocycles. The lowest BCUT2D eigenvalue weighted by Crippen LogP contribution is -2.40. The van der Waals surface area contributed by atoms with Crippen LogP contribution in [0.3, 0.4) is 0 Å². The Balaban J connectivity index is 2.89. The molecule has 1 N–H and O–H groups in total. The van der Waals surface area contributed by atoms with Gasteiger partial charge in [0.05, 0.1) is 59.5 Å². The molecule has 0 heterocycles. The number of hydrogen-bond acceptors (Lipinski definition) is 7. The Morgan fingerprint density at radius 2 is 1.80 bits per heavy atom. The number of carbonyl (C=O) groups is 2. The molecule has 1 aromatic carbocycles. The van der Waals surface area contributed by atoms with Gasteiger partial charge in [-0.3, -0.25) is 14.5 Å². The largest absolute Gasteiger partial charge is 0.493 e. The molecule has 0 aliphatic carbocycles. The number of imide groups is 1. The van der Waals surface area contributed by atoms with E-state index in [9.17, 15) is 14.7 Å². The minimum absolute atomic E-state index is 0.0105. The smallest absolute Gasteiger partial charge is 0.231 e. The van der Waals surface area contributed by atoms with Crippen molar-refractivity contribution in [2.24, 2.45) is 0 Å². The van der Waals surface area contributed by atoms with Crippen molar-refractivity contribution in [1.29, 1.82) is 0 Å². The van der Waals surface area contributed by atoms with Gasteiger partial charge in [-0.05, 0) is 17.7 Å². The van der Waals surface area contributed by atoms with E-state index in [4.69, 9.17) is 25.4 Å². The van der Waals surface area contributed by atoms with Gasteiger partial charge in [-0.15, -0.1) is 13.0 Å². The molecule has 1 atom stereocenters. The quantitative estimate of drug-likeness (QED) is 0.279. The van der Waals surface area contributed by atoms with Crippen molar-refractivity contribution in [3.05, 3.63) is 36.4 Å². The average Bonchev–Trinajstić information content (AvgIpc) is 2.76. The number of nitrogens with zero attached hydrogens (tertiary/aromatic N) is 1. The standard InChI is InChI=1S/C22H29NO7/c1-5-11-29-13-9-21(25)23(22(26)10-14-30-12-6-2)16-18(24)17-7-8-19(27-3)20(15-17)28-4/h1,6-8,15,18,24H,2,9-14,16H2,3-4H3. The van der Waals surface area contributed by atoms with Crippen LogP contribution in [0.15, 0.2) is 30.9 Å². The van der Waals surface area contributed by atoms with Crippen molar-refractivity contribution in [2.75, 3.05) is 47.2 Å². The molecule has 30 heavy (non-hydrogen) atoms. The molecule has 0 saturated carbocycles. The van der Waals surface area contributed by atoms with Crippen molar-refractivity contribution in [1.82, 2.24) is 4.90 Å². The number of benzene rings is 1. The molecule has 0 bridgehead atoms. The van der Waals surface area contributed by atoms with Crippen molar-refractivity contribution in [3.63, 3.8) is 0 Å². The zero-order chi connectivity index (χ0) is 22.4. The van der Waals surface area contributed by atoms with E-state index in [1.165, 1.54) is 14.2 Å². The van der Waals surface area contributed by atoms with E-state index >= 15 is 0 Å². The van der Waals surface area contributed by atoms with E-state index in [1.54, 1.807) is 24.3 Å². The summed E-state index contributed by atoms with van der Waals surface area (Å²) >= 11 is 0. The number of methoxy groups -OCH3 is 2. The molecule has 8 nitrogen and oxygen atoms in total. The van der Waals surface area contributed by atoms with Gasteiger partial charge >= 0.3 is 0 Å². The van der Waals surface area contributed by atoms with E-state index < -0.39 is 17.9 Å². The Hall–Kier alpha value is -2.86. The first-order chi connectivity index (χ1) is 14.5. The number of aliphatic hydroxyl groups excluding tert-OH is 1. The van der Waals surface area contributed by atoms with Gasteiger partial charge in [0.15, 0.2) is 11.5 Å². The maximum atomic E-state index is 12.6. The number of hydrogen-bond donors (Lipinski definition) is 1. The summed E-state index contributed by atoms with van der Waals surface area (Å²) in [6.07, 6.45) is 5.51. The van der Waals surface area contributed by atoms with E-state index in [2.05, 4.69) is 12.5 Å². The maximum Gasteiger partial charge on any atom is 0.231 e. The Morgan fingerprint density at radius 1 is 1.17 bits per heavy atom. The third kappa shape index (κ3) is 8.25. The van der Waals surface area contributed by atoms with Gasteiger partial charge in [0.25, 0.3) is 0 Å². The van der Waals surface area contributed by atoms with Gasteiger partial charge in [0.1, 0.15) is 6.61 Å². The molecule has 164 valence electrons. The van der Waals surface area contributed by atoms with Crippen LogP contribution in [0.2, 0.25) is 0 Å². The summed E-state index contributed by atoms with van der Waals surface area (Å²) in [4.78, 5) is 26.2. The van der Waals surface area contributed by atoms with Crippen LogP contribution in [0.5, 0.6) is 11.5 Å². The normalized spacial score (nSPS) is 11.3. The molecule has 1 unspecified atom stereocenters. The molecule has 2 amide bonds. The molecule has 0 radical (unpaired) electrons. The molecule has 8 heteroatoms. The summed E-state index contributed by atoms with van der Waals surface area (Å²) in [6.45, 7) is 3.90. The summed E-state index contributed by atoms with van der Waals surface area (Å²) < 4.78 is 20.8. The van der Waals surface area contributed by atoms with Gasteiger partial charge in [-0.2, -0.15) is 0 Å². The molecule has 0 spiro atoms. The fourth-order valence-electron chi connectivity index (χ4n) is 2.57. The first-order valence-corrected chi connectivity index (χ1v) is 9.41. The molecular weight excluding hydrogens is 390 g/mol. The van der Waals surface area contributed by atoms with Crippen LogP contribution in [-0.4, -0.2) is 69.0 Å². The second kappa shape index (κ2) is 14.2. The summed E-state index contributed by atoms with van der Waals surface area (Å²) in [5.41, 5.74) is 0.477. The van der Waals surface area contributed by atoms with Crippen LogP contribution in [-0.2, 0) is 19.1 Å². The number of rotatable bonds is 14. The molecular formula is C22H29NO7. The van der Waals surface area contributed by atoms with Gasteiger partial charge in [0, 0.05) is 0 Å². The highest BCUT2D eigenvalue weighted by Crippen LogP contribution is 2.30. The minimum Gasteiger partial charge on any atom is -0.493 e. The second-order valence-electron chi connectivity index (χ2n) is 6.15. The van der Waals surface area contributed by atoms with Gasteiger partial charge in [0.2, 0.25) is 11.8 Å². The topological polar surface area (TPSA) is 94.5 Å². The number of terminal acetylenes is 1. The highest BCUT2D eigenvalue weighted by Gasteiger charge is 2.25. The van der Waals surface area contributed by atoms with Gasteiger partial charge in [-0.1, -0.05) is 18.1 Å².